The van der Waals surface area contributed by atoms with Gasteiger partial charge in [-0.05, 0) is 20.8 Å². The molecule has 1 heterocycles. The Labute approximate surface area is 74.9 Å². The number of nitrogens with zero attached hydrogens (tertiary/aromatic N) is 1. The van der Waals surface area contributed by atoms with Crippen LogP contribution in [-0.4, -0.2) is 29.3 Å². The van der Waals surface area contributed by atoms with Crippen molar-refractivity contribution in [2.75, 3.05) is 13.1 Å². The number of hydrogen-bond acceptors (Lipinski definition) is 2. The van der Waals surface area contributed by atoms with E-state index in [9.17, 15) is 4.79 Å². The molecule has 0 N–H and O–H groups in total. The molecular formula is C10H19NO. The van der Waals surface area contributed by atoms with Gasteiger partial charge in [0.15, 0.2) is 5.78 Å². The van der Waals surface area contributed by atoms with E-state index < -0.39 is 0 Å². The van der Waals surface area contributed by atoms with E-state index in [-0.39, 0.29) is 11.0 Å². The van der Waals surface area contributed by atoms with Crippen molar-refractivity contribution in [3.05, 3.63) is 0 Å². The van der Waals surface area contributed by atoms with Gasteiger partial charge in [-0.3, -0.25) is 9.69 Å². The summed E-state index contributed by atoms with van der Waals surface area (Å²) in [5, 5.41) is 0. The van der Waals surface area contributed by atoms with Crippen molar-refractivity contribution in [2.24, 2.45) is 5.41 Å². The lowest BCUT2D eigenvalue weighted by atomic mass is 9.91. The fourth-order valence-corrected chi connectivity index (χ4v) is 1.48. The second-order valence-electron chi connectivity index (χ2n) is 5.33. The standard InChI is InChI=1S/C10H19NO/c1-9(2,3)11-6-8(12)10(4,5)7-11/h6-7H2,1-5H3. The van der Waals surface area contributed by atoms with Crippen molar-refractivity contribution >= 4 is 5.78 Å². The van der Waals surface area contributed by atoms with E-state index in [1.807, 2.05) is 13.8 Å². The summed E-state index contributed by atoms with van der Waals surface area (Å²) >= 11 is 0. The number of ketones is 1. The first-order chi connectivity index (χ1) is 5.23. The van der Waals surface area contributed by atoms with Gasteiger partial charge in [0.1, 0.15) is 0 Å². The van der Waals surface area contributed by atoms with Gasteiger partial charge in [-0.15, -0.1) is 0 Å². The van der Waals surface area contributed by atoms with Gasteiger partial charge in [0.05, 0.1) is 6.54 Å². The SMILES string of the molecule is CC1(C)CN(C(C)(C)C)CC1=O. The van der Waals surface area contributed by atoms with Crippen molar-refractivity contribution in [3.8, 4) is 0 Å². The highest BCUT2D eigenvalue weighted by Crippen LogP contribution is 2.30. The lowest BCUT2D eigenvalue weighted by Crippen LogP contribution is -2.40. The lowest BCUT2D eigenvalue weighted by Gasteiger charge is -2.31. The Morgan fingerprint density at radius 2 is 1.83 bits per heavy atom. The highest BCUT2D eigenvalue weighted by atomic mass is 16.1. The van der Waals surface area contributed by atoms with Gasteiger partial charge >= 0.3 is 0 Å². The minimum Gasteiger partial charge on any atom is -0.298 e. The predicted octanol–water partition coefficient (Wildman–Crippen LogP) is 1.70. The fraction of sp³-hybridized carbons (Fsp3) is 0.900. The minimum absolute atomic E-state index is 0.128. The highest BCUT2D eigenvalue weighted by molar-refractivity contribution is 5.88. The minimum atomic E-state index is -0.132. The van der Waals surface area contributed by atoms with E-state index in [1.165, 1.54) is 0 Å². The van der Waals surface area contributed by atoms with E-state index in [0.29, 0.717) is 12.3 Å². The molecule has 1 aliphatic heterocycles. The maximum atomic E-state index is 11.5. The van der Waals surface area contributed by atoms with Gasteiger partial charge in [-0.1, -0.05) is 13.8 Å². The normalized spacial score (nSPS) is 24.9. The molecule has 0 radical (unpaired) electrons. The molecule has 2 nitrogen and oxygen atoms in total. The van der Waals surface area contributed by atoms with E-state index in [1.54, 1.807) is 0 Å². The van der Waals surface area contributed by atoms with Crippen LogP contribution < -0.4 is 0 Å². The molecule has 1 rings (SSSR count). The van der Waals surface area contributed by atoms with Crippen LogP contribution in [0.2, 0.25) is 0 Å². The average Bonchev–Trinajstić information content (AvgIpc) is 2.06. The quantitative estimate of drug-likeness (QED) is 0.550. The average molecular weight is 169 g/mol. The molecule has 0 bridgehead atoms. The monoisotopic (exact) mass is 169 g/mol. The lowest BCUT2D eigenvalue weighted by molar-refractivity contribution is -0.123. The molecule has 0 atom stereocenters. The Morgan fingerprint density at radius 3 is 2.00 bits per heavy atom. The third-order valence-electron chi connectivity index (χ3n) is 2.62. The van der Waals surface area contributed by atoms with Gasteiger partial charge in [-0.2, -0.15) is 0 Å². The van der Waals surface area contributed by atoms with Crippen LogP contribution >= 0.6 is 0 Å². The first kappa shape index (κ1) is 9.72. The molecule has 70 valence electrons. The van der Waals surface area contributed by atoms with Crippen LogP contribution in [0.4, 0.5) is 0 Å². The zero-order valence-corrected chi connectivity index (χ0v) is 8.77. The molecule has 0 aromatic rings. The molecule has 1 saturated heterocycles. The molecule has 0 spiro atoms. The van der Waals surface area contributed by atoms with Crippen molar-refractivity contribution in [3.63, 3.8) is 0 Å². The summed E-state index contributed by atoms with van der Waals surface area (Å²) in [5.74, 6) is 0.373. The summed E-state index contributed by atoms with van der Waals surface area (Å²) in [7, 11) is 0. The van der Waals surface area contributed by atoms with Crippen LogP contribution in [0, 0.1) is 5.41 Å². The molecule has 0 amide bonds. The van der Waals surface area contributed by atoms with Gasteiger partial charge in [-0.25, -0.2) is 0 Å². The second-order valence-corrected chi connectivity index (χ2v) is 5.33. The van der Waals surface area contributed by atoms with Crippen molar-refractivity contribution in [2.45, 2.75) is 40.2 Å². The van der Waals surface area contributed by atoms with E-state index in [2.05, 4.69) is 25.7 Å². The molecule has 0 saturated carbocycles. The highest BCUT2D eigenvalue weighted by Gasteiger charge is 2.41. The Hall–Kier alpha value is -0.370. The molecule has 1 aliphatic rings. The second kappa shape index (κ2) is 2.56. The van der Waals surface area contributed by atoms with Crippen LogP contribution in [0.5, 0.6) is 0 Å². The molecule has 0 aliphatic carbocycles. The summed E-state index contributed by atoms with van der Waals surface area (Å²) < 4.78 is 0. The van der Waals surface area contributed by atoms with Gasteiger partial charge in [0, 0.05) is 17.5 Å². The molecule has 2 heteroatoms. The molecular weight excluding hydrogens is 150 g/mol. The van der Waals surface area contributed by atoms with E-state index in [0.717, 1.165) is 6.54 Å². The number of carbonyl (C=O) groups excluding carboxylic acids is 1. The van der Waals surface area contributed by atoms with Gasteiger partial charge in [0.25, 0.3) is 0 Å². The zero-order chi connectivity index (χ0) is 9.57. The van der Waals surface area contributed by atoms with Crippen LogP contribution in [-0.2, 0) is 4.79 Å². The summed E-state index contributed by atoms with van der Waals surface area (Å²) in [5.41, 5.74) is -0.00326. The topological polar surface area (TPSA) is 20.3 Å². The third-order valence-corrected chi connectivity index (χ3v) is 2.62. The van der Waals surface area contributed by atoms with Crippen molar-refractivity contribution < 1.29 is 4.79 Å². The molecule has 0 aromatic carbocycles. The summed E-state index contributed by atoms with van der Waals surface area (Å²) in [6.45, 7) is 12.0. The fourth-order valence-electron chi connectivity index (χ4n) is 1.48. The summed E-state index contributed by atoms with van der Waals surface area (Å²) in [6.07, 6.45) is 0. The Balaban J connectivity index is 2.74. The number of Topliss-reactive ketones (excluding diaryl/α,β-unsaturated/α-hetero) is 1. The van der Waals surface area contributed by atoms with Crippen LogP contribution in [0.25, 0.3) is 0 Å². The first-order valence-corrected chi connectivity index (χ1v) is 4.52. The number of carbonyl (C=O) groups is 1. The van der Waals surface area contributed by atoms with Gasteiger partial charge < -0.3 is 0 Å². The number of likely N-dealkylation sites (tertiary alicyclic amines) is 1. The van der Waals surface area contributed by atoms with E-state index in [4.69, 9.17) is 0 Å². The summed E-state index contributed by atoms with van der Waals surface area (Å²) in [6, 6.07) is 0. The Bertz CT molecular complexity index is 200. The van der Waals surface area contributed by atoms with Crippen LogP contribution in [0.1, 0.15) is 34.6 Å². The Morgan fingerprint density at radius 1 is 1.33 bits per heavy atom. The van der Waals surface area contributed by atoms with Crippen LogP contribution in [0.3, 0.4) is 0 Å². The number of hydrogen-bond donors (Lipinski definition) is 0. The van der Waals surface area contributed by atoms with Crippen molar-refractivity contribution in [1.29, 1.82) is 0 Å². The molecule has 1 fully saturated rings. The predicted molar refractivity (Wildman–Crippen MR) is 50.1 cm³/mol. The van der Waals surface area contributed by atoms with Crippen molar-refractivity contribution in [1.82, 2.24) is 4.90 Å². The molecule has 0 unspecified atom stereocenters. The molecule has 0 aromatic heterocycles. The maximum absolute atomic E-state index is 11.5. The smallest absolute Gasteiger partial charge is 0.153 e. The third kappa shape index (κ3) is 1.69. The zero-order valence-electron chi connectivity index (χ0n) is 8.77. The first-order valence-electron chi connectivity index (χ1n) is 4.52. The maximum Gasteiger partial charge on any atom is 0.153 e. The Kier molecular flexibility index (Phi) is 2.07. The van der Waals surface area contributed by atoms with E-state index >= 15 is 0 Å². The van der Waals surface area contributed by atoms with Gasteiger partial charge in [0.2, 0.25) is 0 Å². The van der Waals surface area contributed by atoms with Crippen LogP contribution in [0.15, 0.2) is 0 Å². The largest absolute Gasteiger partial charge is 0.298 e. The number of rotatable bonds is 0. The summed E-state index contributed by atoms with van der Waals surface area (Å²) in [4.78, 5) is 13.8. The molecule has 12 heavy (non-hydrogen) atoms.